The Bertz CT molecular complexity index is 592. The molecular weight excluding hydrogens is 335 g/mol. The molecule has 0 spiro atoms. The van der Waals surface area contributed by atoms with Crippen LogP contribution in [0.1, 0.15) is 11.6 Å². The molecule has 2 rings (SSSR count). The topological polar surface area (TPSA) is 38.0 Å². The quantitative estimate of drug-likeness (QED) is 0.457. The second-order valence-electron chi connectivity index (χ2n) is 4.15. The van der Waals surface area contributed by atoms with Crippen LogP contribution in [0.3, 0.4) is 0 Å². The number of nitrogens with two attached hydrogens (primary N) is 1. The van der Waals surface area contributed by atoms with E-state index in [0.717, 1.165) is 16.2 Å². The number of hydrazine groups is 1. The minimum Gasteiger partial charge on any atom is -0.271 e. The highest BCUT2D eigenvalue weighted by molar-refractivity contribution is 7.99. The molecule has 0 saturated carbocycles. The first kappa shape index (κ1) is 16.0. The zero-order valence-electron chi connectivity index (χ0n) is 10.4. The lowest BCUT2D eigenvalue weighted by Gasteiger charge is -2.17. The van der Waals surface area contributed by atoms with Gasteiger partial charge in [-0.05, 0) is 42.0 Å². The Hall–Kier alpha value is -0.420. The highest BCUT2D eigenvalue weighted by Gasteiger charge is 2.14. The highest BCUT2D eigenvalue weighted by atomic mass is 35.5. The number of benzene rings is 2. The van der Waals surface area contributed by atoms with Crippen LogP contribution in [0.25, 0.3) is 0 Å². The molecule has 106 valence electrons. The van der Waals surface area contributed by atoms with Gasteiger partial charge in [0, 0.05) is 25.7 Å². The van der Waals surface area contributed by atoms with E-state index < -0.39 is 0 Å². The Morgan fingerprint density at radius 1 is 1.05 bits per heavy atom. The molecule has 0 aliphatic heterocycles. The summed E-state index contributed by atoms with van der Waals surface area (Å²) in [5.41, 5.74) is 3.66. The summed E-state index contributed by atoms with van der Waals surface area (Å²) in [7, 11) is 0. The van der Waals surface area contributed by atoms with Gasteiger partial charge >= 0.3 is 0 Å². The van der Waals surface area contributed by atoms with Crippen LogP contribution >= 0.6 is 46.6 Å². The van der Waals surface area contributed by atoms with E-state index in [1.165, 1.54) is 0 Å². The van der Waals surface area contributed by atoms with E-state index in [4.69, 9.17) is 40.6 Å². The summed E-state index contributed by atoms with van der Waals surface area (Å²) in [5, 5.41) is 1.99. The van der Waals surface area contributed by atoms with Crippen LogP contribution in [-0.4, -0.2) is 5.75 Å². The molecule has 0 fully saturated rings. The molecule has 1 atom stereocenters. The number of hydrogen-bond acceptors (Lipinski definition) is 3. The van der Waals surface area contributed by atoms with E-state index in [1.54, 1.807) is 23.9 Å². The van der Waals surface area contributed by atoms with Crippen molar-refractivity contribution in [1.82, 2.24) is 5.43 Å². The Labute approximate surface area is 137 Å². The third kappa shape index (κ3) is 4.29. The van der Waals surface area contributed by atoms with Crippen molar-refractivity contribution in [2.24, 2.45) is 5.84 Å². The van der Waals surface area contributed by atoms with E-state index in [-0.39, 0.29) is 6.04 Å². The highest BCUT2D eigenvalue weighted by Crippen LogP contribution is 2.31. The molecule has 0 amide bonds. The number of thioether (sulfide) groups is 1. The van der Waals surface area contributed by atoms with Gasteiger partial charge in [0.05, 0.1) is 6.04 Å². The monoisotopic (exact) mass is 346 g/mol. The van der Waals surface area contributed by atoms with Crippen LogP contribution in [0.4, 0.5) is 0 Å². The second-order valence-corrected chi connectivity index (χ2v) is 6.53. The van der Waals surface area contributed by atoms with Gasteiger partial charge < -0.3 is 0 Å². The Morgan fingerprint density at radius 2 is 1.80 bits per heavy atom. The smallest absolute Gasteiger partial charge is 0.0569 e. The molecule has 3 N–H and O–H groups in total. The summed E-state index contributed by atoms with van der Waals surface area (Å²) < 4.78 is 0. The number of hydrogen-bond donors (Lipinski definition) is 2. The van der Waals surface area contributed by atoms with Gasteiger partial charge in [0.2, 0.25) is 0 Å². The van der Waals surface area contributed by atoms with E-state index in [2.05, 4.69) is 5.43 Å². The maximum Gasteiger partial charge on any atom is 0.0569 e. The molecule has 0 aliphatic carbocycles. The van der Waals surface area contributed by atoms with Crippen LogP contribution in [0.15, 0.2) is 47.4 Å². The van der Waals surface area contributed by atoms with E-state index in [1.807, 2.05) is 30.3 Å². The van der Waals surface area contributed by atoms with Crippen molar-refractivity contribution in [3.63, 3.8) is 0 Å². The van der Waals surface area contributed by atoms with Crippen LogP contribution in [-0.2, 0) is 0 Å². The predicted octanol–water partition coefficient (Wildman–Crippen LogP) is 4.94. The molecule has 0 radical (unpaired) electrons. The molecule has 6 heteroatoms. The lowest BCUT2D eigenvalue weighted by molar-refractivity contribution is 0.611. The van der Waals surface area contributed by atoms with Gasteiger partial charge in [-0.25, -0.2) is 0 Å². The molecular formula is C14H13Cl3N2S. The average Bonchev–Trinajstić information content (AvgIpc) is 2.43. The van der Waals surface area contributed by atoms with E-state index in [0.29, 0.717) is 15.1 Å². The van der Waals surface area contributed by atoms with Crippen molar-refractivity contribution < 1.29 is 0 Å². The molecule has 2 aromatic rings. The summed E-state index contributed by atoms with van der Waals surface area (Å²) in [6.45, 7) is 0. The number of rotatable bonds is 5. The molecule has 0 heterocycles. The zero-order valence-corrected chi connectivity index (χ0v) is 13.5. The lowest BCUT2D eigenvalue weighted by atomic mass is 10.1. The van der Waals surface area contributed by atoms with Crippen LogP contribution in [0.2, 0.25) is 15.1 Å². The Kier molecular flexibility index (Phi) is 6.02. The third-order valence-electron chi connectivity index (χ3n) is 2.75. The minimum atomic E-state index is -0.0924. The Balaban J connectivity index is 2.11. The molecule has 0 saturated heterocycles. The summed E-state index contributed by atoms with van der Waals surface area (Å²) in [5.74, 6) is 6.35. The van der Waals surface area contributed by atoms with Gasteiger partial charge in [-0.2, -0.15) is 0 Å². The van der Waals surface area contributed by atoms with Crippen LogP contribution in [0, 0.1) is 0 Å². The molecule has 2 nitrogen and oxygen atoms in total. The van der Waals surface area contributed by atoms with Crippen molar-refractivity contribution >= 4 is 46.6 Å². The summed E-state index contributed by atoms with van der Waals surface area (Å²) in [4.78, 5) is 1.08. The minimum absolute atomic E-state index is 0.0924. The molecule has 0 bridgehead atoms. The van der Waals surface area contributed by atoms with Gasteiger partial charge in [0.1, 0.15) is 0 Å². The Morgan fingerprint density at radius 3 is 2.50 bits per heavy atom. The summed E-state index contributed by atoms with van der Waals surface area (Å²) >= 11 is 19.8. The van der Waals surface area contributed by atoms with Gasteiger partial charge in [-0.3, -0.25) is 11.3 Å². The average molecular weight is 348 g/mol. The van der Waals surface area contributed by atoms with Gasteiger partial charge in [-0.15, -0.1) is 11.8 Å². The van der Waals surface area contributed by atoms with Crippen molar-refractivity contribution in [3.05, 3.63) is 63.1 Å². The largest absolute Gasteiger partial charge is 0.271 e. The fraction of sp³-hybridized carbons (Fsp3) is 0.143. The van der Waals surface area contributed by atoms with Crippen LogP contribution < -0.4 is 11.3 Å². The molecule has 0 aliphatic rings. The standard InChI is InChI=1S/C14H13Cl3N2S/c15-9-2-1-3-11(6-9)20-8-14(19-18)12-7-10(16)4-5-13(12)17/h1-7,14,19H,8,18H2. The van der Waals surface area contributed by atoms with Crippen molar-refractivity contribution in [2.75, 3.05) is 5.75 Å². The fourth-order valence-electron chi connectivity index (χ4n) is 1.75. The lowest BCUT2D eigenvalue weighted by Crippen LogP contribution is -2.29. The number of nitrogens with one attached hydrogen (secondary N) is 1. The van der Waals surface area contributed by atoms with Crippen molar-refractivity contribution in [3.8, 4) is 0 Å². The second kappa shape index (κ2) is 7.55. The molecule has 20 heavy (non-hydrogen) atoms. The van der Waals surface area contributed by atoms with Gasteiger partial charge in [0.15, 0.2) is 0 Å². The molecule has 0 aromatic heterocycles. The molecule has 2 aromatic carbocycles. The first-order chi connectivity index (χ1) is 9.60. The van der Waals surface area contributed by atoms with E-state index >= 15 is 0 Å². The fourth-order valence-corrected chi connectivity index (χ4v) is 3.45. The normalized spacial score (nSPS) is 12.4. The first-order valence-corrected chi connectivity index (χ1v) is 8.01. The van der Waals surface area contributed by atoms with E-state index in [9.17, 15) is 0 Å². The molecule has 1 unspecified atom stereocenters. The third-order valence-corrected chi connectivity index (χ3v) is 4.65. The van der Waals surface area contributed by atoms with Crippen LogP contribution in [0.5, 0.6) is 0 Å². The van der Waals surface area contributed by atoms with Crippen molar-refractivity contribution in [2.45, 2.75) is 10.9 Å². The summed E-state index contributed by atoms with van der Waals surface area (Å²) in [6, 6.07) is 12.9. The SMILES string of the molecule is NNC(CSc1cccc(Cl)c1)c1cc(Cl)ccc1Cl. The van der Waals surface area contributed by atoms with Gasteiger partial charge in [0.25, 0.3) is 0 Å². The zero-order chi connectivity index (χ0) is 14.5. The predicted molar refractivity (Wildman–Crippen MR) is 88.7 cm³/mol. The maximum atomic E-state index is 6.19. The first-order valence-electron chi connectivity index (χ1n) is 5.89. The van der Waals surface area contributed by atoms with Gasteiger partial charge in [-0.1, -0.05) is 40.9 Å². The number of halogens is 3. The van der Waals surface area contributed by atoms with Crippen molar-refractivity contribution in [1.29, 1.82) is 0 Å². The summed E-state index contributed by atoms with van der Waals surface area (Å²) in [6.07, 6.45) is 0. The maximum absolute atomic E-state index is 6.19.